The molecule has 160 valence electrons. The molecular weight excluding hydrogens is 453 g/mol. The fourth-order valence-corrected chi connectivity index (χ4v) is 3.60. The highest BCUT2D eigenvalue weighted by Gasteiger charge is 2.37. The fourth-order valence-electron chi connectivity index (χ4n) is 3.27. The number of nitrogens with zero attached hydrogens (tertiary/aromatic N) is 1. The molecule has 0 unspecified atom stereocenters. The van der Waals surface area contributed by atoms with E-state index in [-0.39, 0.29) is 33.6 Å². The molecular formula is C24H15Cl2NO5. The first kappa shape index (κ1) is 21.7. The predicted octanol–water partition coefficient (Wildman–Crippen LogP) is 4.56. The third kappa shape index (κ3) is 4.28. The summed E-state index contributed by atoms with van der Waals surface area (Å²) in [5.41, 5.74) is 1.93. The van der Waals surface area contributed by atoms with Gasteiger partial charge in [0.25, 0.3) is 11.8 Å². The zero-order valence-electron chi connectivity index (χ0n) is 16.5. The Hall–Kier alpha value is -3.48. The van der Waals surface area contributed by atoms with Crippen molar-refractivity contribution >= 4 is 46.8 Å². The quantitative estimate of drug-likeness (QED) is 0.301. The van der Waals surface area contributed by atoms with Crippen molar-refractivity contribution in [3.63, 3.8) is 0 Å². The number of amides is 2. The summed E-state index contributed by atoms with van der Waals surface area (Å²) in [5.74, 6) is -2.13. The number of esters is 1. The average Bonchev–Trinajstić information content (AvgIpc) is 3.02. The number of benzene rings is 3. The lowest BCUT2D eigenvalue weighted by atomic mass is 10.0. The van der Waals surface area contributed by atoms with Crippen molar-refractivity contribution in [2.45, 2.75) is 6.61 Å². The van der Waals surface area contributed by atoms with Crippen LogP contribution in [0.5, 0.6) is 0 Å². The first-order valence-electron chi connectivity index (χ1n) is 9.54. The van der Waals surface area contributed by atoms with Crippen molar-refractivity contribution in [1.29, 1.82) is 0 Å². The standard InChI is InChI=1S/C24H15Cl2NO5/c25-19-10-17-18(11-20(19)26)24(31)27(23(17)30)12-21(28)32-13-14-6-8-16(9-7-14)22(29)15-4-2-1-3-5-15/h1-11H,12-13H2. The van der Waals surface area contributed by atoms with Crippen LogP contribution in [-0.4, -0.2) is 35.0 Å². The van der Waals surface area contributed by atoms with E-state index < -0.39 is 24.3 Å². The lowest BCUT2D eigenvalue weighted by Crippen LogP contribution is -2.35. The van der Waals surface area contributed by atoms with Crippen molar-refractivity contribution in [3.8, 4) is 0 Å². The second kappa shape index (κ2) is 8.94. The fraction of sp³-hybridized carbons (Fsp3) is 0.0833. The molecule has 3 aromatic rings. The maximum absolute atomic E-state index is 12.5. The van der Waals surface area contributed by atoms with Gasteiger partial charge in [0, 0.05) is 11.1 Å². The van der Waals surface area contributed by atoms with Crippen LogP contribution in [0.15, 0.2) is 66.7 Å². The monoisotopic (exact) mass is 467 g/mol. The molecule has 0 saturated carbocycles. The number of fused-ring (bicyclic) bond motifs is 1. The summed E-state index contributed by atoms with van der Waals surface area (Å²) in [4.78, 5) is 50.4. The van der Waals surface area contributed by atoms with Crippen LogP contribution in [0.1, 0.15) is 42.2 Å². The van der Waals surface area contributed by atoms with E-state index in [0.29, 0.717) is 16.7 Å². The normalized spacial score (nSPS) is 12.6. The predicted molar refractivity (Wildman–Crippen MR) is 118 cm³/mol. The number of ketones is 1. The molecule has 6 nitrogen and oxygen atoms in total. The first-order chi connectivity index (χ1) is 15.3. The maximum Gasteiger partial charge on any atom is 0.326 e. The Kier molecular flexibility index (Phi) is 6.08. The zero-order valence-corrected chi connectivity index (χ0v) is 18.0. The molecule has 2 amide bonds. The van der Waals surface area contributed by atoms with Gasteiger partial charge in [-0.15, -0.1) is 0 Å². The molecule has 0 fully saturated rings. The van der Waals surface area contributed by atoms with Crippen molar-refractivity contribution in [3.05, 3.63) is 105 Å². The third-order valence-electron chi connectivity index (χ3n) is 4.95. The Labute approximate surface area is 193 Å². The maximum atomic E-state index is 12.5. The summed E-state index contributed by atoms with van der Waals surface area (Å²) >= 11 is 11.8. The van der Waals surface area contributed by atoms with Crippen LogP contribution in [0.3, 0.4) is 0 Å². The molecule has 0 saturated heterocycles. The third-order valence-corrected chi connectivity index (χ3v) is 5.67. The van der Waals surface area contributed by atoms with Crippen molar-refractivity contribution in [1.82, 2.24) is 4.90 Å². The number of ether oxygens (including phenoxy) is 1. The van der Waals surface area contributed by atoms with E-state index in [1.807, 2.05) is 6.07 Å². The highest BCUT2D eigenvalue weighted by Crippen LogP contribution is 2.31. The van der Waals surface area contributed by atoms with Gasteiger partial charge in [0.05, 0.1) is 21.2 Å². The summed E-state index contributed by atoms with van der Waals surface area (Å²) in [6, 6.07) is 18.2. The van der Waals surface area contributed by atoms with E-state index in [2.05, 4.69) is 0 Å². The Balaban J connectivity index is 1.36. The van der Waals surface area contributed by atoms with Crippen LogP contribution in [0.4, 0.5) is 0 Å². The van der Waals surface area contributed by atoms with Gasteiger partial charge in [0.1, 0.15) is 13.2 Å². The number of carbonyl (C=O) groups is 4. The molecule has 0 spiro atoms. The summed E-state index contributed by atoms with van der Waals surface area (Å²) in [5, 5.41) is 0.287. The van der Waals surface area contributed by atoms with Crippen LogP contribution in [0.2, 0.25) is 10.0 Å². The van der Waals surface area contributed by atoms with E-state index in [4.69, 9.17) is 27.9 Å². The molecule has 4 rings (SSSR count). The lowest BCUT2D eigenvalue weighted by molar-refractivity contribution is -0.145. The van der Waals surface area contributed by atoms with E-state index in [0.717, 1.165) is 4.90 Å². The Morgan fingerprint density at radius 2 is 1.31 bits per heavy atom. The average molecular weight is 468 g/mol. The van der Waals surface area contributed by atoms with Crippen molar-refractivity contribution in [2.24, 2.45) is 0 Å². The molecule has 8 heteroatoms. The molecule has 0 aromatic heterocycles. The first-order valence-corrected chi connectivity index (χ1v) is 10.3. The van der Waals surface area contributed by atoms with Crippen LogP contribution < -0.4 is 0 Å². The molecule has 3 aromatic carbocycles. The second-order valence-electron chi connectivity index (χ2n) is 7.06. The minimum atomic E-state index is -0.749. The molecule has 0 atom stereocenters. The molecule has 0 radical (unpaired) electrons. The molecule has 32 heavy (non-hydrogen) atoms. The summed E-state index contributed by atoms with van der Waals surface area (Å²) < 4.78 is 5.20. The molecule has 1 aliphatic heterocycles. The van der Waals surface area contributed by atoms with E-state index >= 15 is 0 Å². The Bertz CT molecular complexity index is 1200. The van der Waals surface area contributed by atoms with E-state index in [9.17, 15) is 19.2 Å². The van der Waals surface area contributed by atoms with Gasteiger partial charge < -0.3 is 4.74 Å². The number of hydrogen-bond acceptors (Lipinski definition) is 5. The Morgan fingerprint density at radius 1 is 0.781 bits per heavy atom. The van der Waals surface area contributed by atoms with Gasteiger partial charge in [-0.3, -0.25) is 24.1 Å². The van der Waals surface area contributed by atoms with Crippen LogP contribution in [0.25, 0.3) is 0 Å². The molecule has 1 heterocycles. The number of halogens is 2. The van der Waals surface area contributed by atoms with Crippen LogP contribution in [-0.2, 0) is 16.1 Å². The molecule has 1 aliphatic rings. The van der Waals surface area contributed by atoms with Gasteiger partial charge in [0.15, 0.2) is 5.78 Å². The number of carbonyl (C=O) groups excluding carboxylic acids is 4. The topological polar surface area (TPSA) is 80.8 Å². The molecule has 0 aliphatic carbocycles. The van der Waals surface area contributed by atoms with Crippen LogP contribution in [0, 0.1) is 0 Å². The van der Waals surface area contributed by atoms with Gasteiger partial charge >= 0.3 is 5.97 Å². The molecule has 0 bridgehead atoms. The Morgan fingerprint density at radius 3 is 1.88 bits per heavy atom. The van der Waals surface area contributed by atoms with Gasteiger partial charge in [0.2, 0.25) is 0 Å². The second-order valence-corrected chi connectivity index (χ2v) is 7.88. The highest BCUT2D eigenvalue weighted by atomic mass is 35.5. The number of rotatable bonds is 6. The number of hydrogen-bond donors (Lipinski definition) is 0. The summed E-state index contributed by atoms with van der Waals surface area (Å²) in [6.45, 7) is -0.606. The molecule has 0 N–H and O–H groups in total. The highest BCUT2D eigenvalue weighted by molar-refractivity contribution is 6.43. The smallest absolute Gasteiger partial charge is 0.326 e. The van der Waals surface area contributed by atoms with Gasteiger partial charge in [-0.25, -0.2) is 0 Å². The van der Waals surface area contributed by atoms with Crippen molar-refractivity contribution < 1.29 is 23.9 Å². The van der Waals surface area contributed by atoms with Gasteiger partial charge in [-0.05, 0) is 17.7 Å². The zero-order chi connectivity index (χ0) is 22.8. The van der Waals surface area contributed by atoms with Crippen molar-refractivity contribution in [2.75, 3.05) is 6.54 Å². The van der Waals surface area contributed by atoms with Gasteiger partial charge in [-0.2, -0.15) is 0 Å². The minimum Gasteiger partial charge on any atom is -0.459 e. The van der Waals surface area contributed by atoms with E-state index in [1.165, 1.54) is 12.1 Å². The summed E-state index contributed by atoms with van der Waals surface area (Å²) in [6.07, 6.45) is 0. The largest absolute Gasteiger partial charge is 0.459 e. The van der Waals surface area contributed by atoms with Crippen LogP contribution >= 0.6 is 23.2 Å². The lowest BCUT2D eigenvalue weighted by Gasteiger charge is -2.13. The van der Waals surface area contributed by atoms with E-state index in [1.54, 1.807) is 48.5 Å². The number of imide groups is 1. The minimum absolute atomic E-state index is 0.0700. The summed E-state index contributed by atoms with van der Waals surface area (Å²) in [7, 11) is 0. The SMILES string of the molecule is O=C(CN1C(=O)c2cc(Cl)c(Cl)cc2C1=O)OCc1ccc(C(=O)c2ccccc2)cc1. The van der Waals surface area contributed by atoms with Gasteiger partial charge in [-0.1, -0.05) is 77.8 Å².